The van der Waals surface area contributed by atoms with Crippen LogP contribution < -0.4 is 16.0 Å². The van der Waals surface area contributed by atoms with Gasteiger partial charge in [0, 0.05) is 17.2 Å². The van der Waals surface area contributed by atoms with Gasteiger partial charge in [-0.2, -0.15) is 0 Å². The summed E-state index contributed by atoms with van der Waals surface area (Å²) in [6.45, 7) is 0.163. The van der Waals surface area contributed by atoms with E-state index < -0.39 is 0 Å². The molecule has 0 saturated heterocycles. The number of thiocarbonyl (C=S) groups is 1. The van der Waals surface area contributed by atoms with Crippen molar-refractivity contribution in [1.82, 2.24) is 10.6 Å². The van der Waals surface area contributed by atoms with Gasteiger partial charge in [0.05, 0.1) is 6.54 Å². The first-order valence-electron chi connectivity index (χ1n) is 4.63. The zero-order chi connectivity index (χ0) is 12.0. The van der Waals surface area contributed by atoms with E-state index in [9.17, 15) is 4.79 Å². The molecule has 0 bridgehead atoms. The van der Waals surface area contributed by atoms with Crippen molar-refractivity contribution in [3.63, 3.8) is 0 Å². The molecular weight excluding hydrogens is 290 g/mol. The van der Waals surface area contributed by atoms with E-state index in [-0.39, 0.29) is 12.5 Å². The molecule has 1 aromatic rings. The van der Waals surface area contributed by atoms with Gasteiger partial charge in [0.2, 0.25) is 5.91 Å². The summed E-state index contributed by atoms with van der Waals surface area (Å²) < 4.78 is 0.964. The Morgan fingerprint density at radius 3 is 2.88 bits per heavy atom. The minimum absolute atomic E-state index is 0.113. The Balaban J connectivity index is 2.43. The maximum absolute atomic E-state index is 11.0. The smallest absolute Gasteiger partial charge is 0.239 e. The lowest BCUT2D eigenvalue weighted by Crippen LogP contribution is -2.37. The van der Waals surface area contributed by atoms with Crippen molar-refractivity contribution in [2.45, 2.75) is 0 Å². The third kappa shape index (κ3) is 4.59. The van der Waals surface area contributed by atoms with Crippen LogP contribution in [0.5, 0.6) is 0 Å². The number of rotatable bonds is 3. The quantitative estimate of drug-likeness (QED) is 0.740. The highest BCUT2D eigenvalue weighted by atomic mass is 79.9. The van der Waals surface area contributed by atoms with Gasteiger partial charge < -0.3 is 16.0 Å². The summed E-state index contributed by atoms with van der Waals surface area (Å²) >= 11 is 8.39. The number of benzene rings is 1. The second-order valence-electron chi connectivity index (χ2n) is 2.99. The number of carbonyl (C=O) groups excluding carboxylic acids is 1. The summed E-state index contributed by atoms with van der Waals surface area (Å²) in [6, 6.07) is 7.60. The van der Waals surface area contributed by atoms with E-state index in [1.165, 1.54) is 0 Å². The lowest BCUT2D eigenvalue weighted by atomic mass is 10.3. The van der Waals surface area contributed by atoms with Crippen LogP contribution in [0, 0.1) is 0 Å². The minimum Gasteiger partial charge on any atom is -0.358 e. The van der Waals surface area contributed by atoms with Gasteiger partial charge in [0.15, 0.2) is 5.11 Å². The highest BCUT2D eigenvalue weighted by Gasteiger charge is 2.00. The fourth-order valence-electron chi connectivity index (χ4n) is 0.990. The van der Waals surface area contributed by atoms with Crippen LogP contribution >= 0.6 is 28.1 Å². The van der Waals surface area contributed by atoms with E-state index in [4.69, 9.17) is 12.2 Å². The number of carbonyl (C=O) groups is 1. The van der Waals surface area contributed by atoms with Gasteiger partial charge in [-0.1, -0.05) is 22.0 Å². The Bertz CT molecular complexity index is 397. The lowest BCUT2D eigenvalue weighted by molar-refractivity contribution is -0.119. The first-order valence-corrected chi connectivity index (χ1v) is 5.83. The van der Waals surface area contributed by atoms with Gasteiger partial charge in [0.1, 0.15) is 0 Å². The van der Waals surface area contributed by atoms with E-state index in [0.717, 1.165) is 10.2 Å². The van der Waals surface area contributed by atoms with Gasteiger partial charge in [-0.3, -0.25) is 4.79 Å². The van der Waals surface area contributed by atoms with Crippen molar-refractivity contribution in [3.8, 4) is 0 Å². The van der Waals surface area contributed by atoms with Crippen molar-refractivity contribution in [3.05, 3.63) is 28.7 Å². The first-order chi connectivity index (χ1) is 7.61. The standard InChI is InChI=1S/C10H12BrN3OS/c1-12-9(15)6-13-10(16)14-8-4-2-3-7(11)5-8/h2-5H,6H2,1H3,(H,12,15)(H2,13,14,16). The Morgan fingerprint density at radius 2 is 2.25 bits per heavy atom. The van der Waals surface area contributed by atoms with Crippen LogP contribution in [0.2, 0.25) is 0 Å². The van der Waals surface area contributed by atoms with Crippen LogP contribution in [0.25, 0.3) is 0 Å². The van der Waals surface area contributed by atoms with Crippen LogP contribution in [0.3, 0.4) is 0 Å². The summed E-state index contributed by atoms with van der Waals surface area (Å²) in [6.07, 6.45) is 0. The van der Waals surface area contributed by atoms with Gasteiger partial charge in [-0.25, -0.2) is 0 Å². The lowest BCUT2D eigenvalue weighted by Gasteiger charge is -2.09. The number of nitrogens with one attached hydrogen (secondary N) is 3. The van der Waals surface area contributed by atoms with Gasteiger partial charge >= 0.3 is 0 Å². The second-order valence-corrected chi connectivity index (χ2v) is 4.32. The molecule has 1 rings (SSSR count). The zero-order valence-electron chi connectivity index (χ0n) is 8.71. The van der Waals surface area contributed by atoms with E-state index in [0.29, 0.717) is 5.11 Å². The molecule has 0 aromatic heterocycles. The number of amides is 1. The van der Waals surface area contributed by atoms with Crippen LogP contribution in [0.1, 0.15) is 0 Å². The van der Waals surface area contributed by atoms with E-state index in [2.05, 4.69) is 31.9 Å². The number of hydrogen-bond donors (Lipinski definition) is 3. The largest absolute Gasteiger partial charge is 0.358 e. The Kier molecular flexibility index (Phi) is 5.21. The molecule has 0 fully saturated rings. The van der Waals surface area contributed by atoms with Gasteiger partial charge in [-0.15, -0.1) is 0 Å². The van der Waals surface area contributed by atoms with Crippen molar-refractivity contribution in [2.24, 2.45) is 0 Å². The van der Waals surface area contributed by atoms with Crippen LogP contribution in [-0.4, -0.2) is 24.6 Å². The molecule has 0 spiro atoms. The molecule has 0 atom stereocenters. The average Bonchev–Trinajstić information content (AvgIpc) is 2.26. The van der Waals surface area contributed by atoms with E-state index >= 15 is 0 Å². The molecule has 16 heavy (non-hydrogen) atoms. The molecule has 0 heterocycles. The summed E-state index contributed by atoms with van der Waals surface area (Å²) in [7, 11) is 1.58. The first kappa shape index (κ1) is 12.9. The van der Waals surface area contributed by atoms with Crippen molar-refractivity contribution >= 4 is 44.9 Å². The van der Waals surface area contributed by atoms with Crippen LogP contribution in [0.15, 0.2) is 28.7 Å². The Hall–Kier alpha value is -1.14. The van der Waals surface area contributed by atoms with E-state index in [1.807, 2.05) is 24.3 Å². The number of likely N-dealkylation sites (N-methyl/N-ethyl adjacent to an activating group) is 1. The highest BCUT2D eigenvalue weighted by molar-refractivity contribution is 9.10. The average molecular weight is 302 g/mol. The maximum Gasteiger partial charge on any atom is 0.239 e. The van der Waals surface area contributed by atoms with Crippen molar-refractivity contribution in [2.75, 3.05) is 18.9 Å². The topological polar surface area (TPSA) is 53.2 Å². The molecule has 86 valence electrons. The Labute approximate surface area is 108 Å². The maximum atomic E-state index is 11.0. The number of hydrogen-bond acceptors (Lipinski definition) is 2. The normalized spacial score (nSPS) is 9.38. The third-order valence-corrected chi connectivity index (χ3v) is 2.51. The third-order valence-electron chi connectivity index (χ3n) is 1.77. The second kappa shape index (κ2) is 6.44. The fourth-order valence-corrected chi connectivity index (χ4v) is 1.58. The SMILES string of the molecule is CNC(=O)CNC(=S)Nc1cccc(Br)c1. The van der Waals surface area contributed by atoms with Gasteiger partial charge in [-0.05, 0) is 30.4 Å². The monoisotopic (exact) mass is 301 g/mol. The molecule has 0 aliphatic carbocycles. The molecule has 1 aromatic carbocycles. The molecule has 1 amide bonds. The summed E-state index contributed by atoms with van der Waals surface area (Å²) in [5.41, 5.74) is 0.865. The predicted octanol–water partition coefficient (Wildman–Crippen LogP) is 1.48. The minimum atomic E-state index is -0.113. The predicted molar refractivity (Wildman–Crippen MR) is 72.4 cm³/mol. The Morgan fingerprint density at radius 1 is 1.50 bits per heavy atom. The molecule has 0 unspecified atom stereocenters. The number of anilines is 1. The molecule has 0 aliphatic heterocycles. The molecule has 4 nitrogen and oxygen atoms in total. The fraction of sp³-hybridized carbons (Fsp3) is 0.200. The molecule has 6 heteroatoms. The molecular formula is C10H12BrN3OS. The summed E-state index contributed by atoms with van der Waals surface area (Å²) in [4.78, 5) is 11.0. The molecule has 3 N–H and O–H groups in total. The summed E-state index contributed by atoms with van der Waals surface area (Å²) in [5.74, 6) is -0.113. The number of halogens is 1. The van der Waals surface area contributed by atoms with E-state index in [1.54, 1.807) is 7.05 Å². The highest BCUT2D eigenvalue weighted by Crippen LogP contribution is 2.15. The summed E-state index contributed by atoms with van der Waals surface area (Å²) in [5, 5.41) is 8.68. The van der Waals surface area contributed by atoms with Crippen LogP contribution in [0.4, 0.5) is 5.69 Å². The molecule has 0 radical (unpaired) electrons. The van der Waals surface area contributed by atoms with Crippen molar-refractivity contribution in [1.29, 1.82) is 0 Å². The van der Waals surface area contributed by atoms with Crippen molar-refractivity contribution < 1.29 is 4.79 Å². The van der Waals surface area contributed by atoms with Crippen LogP contribution in [-0.2, 0) is 4.79 Å². The van der Waals surface area contributed by atoms with Gasteiger partial charge in [0.25, 0.3) is 0 Å². The zero-order valence-corrected chi connectivity index (χ0v) is 11.1. The molecule has 0 saturated carbocycles. The molecule has 0 aliphatic rings.